The number of fused-ring (bicyclic) bond motifs is 4. The van der Waals surface area contributed by atoms with E-state index in [0.717, 1.165) is 22.6 Å². The average Bonchev–Trinajstić information content (AvgIpc) is 3.29. The van der Waals surface area contributed by atoms with E-state index in [2.05, 4.69) is 16.8 Å². The lowest BCUT2D eigenvalue weighted by Crippen LogP contribution is -2.50. The highest BCUT2D eigenvalue weighted by Gasteiger charge is 2.38. The number of pyridine rings is 1. The molecule has 2 aliphatic rings. The number of nitrogens with one attached hydrogen (secondary N) is 1. The van der Waals surface area contributed by atoms with Gasteiger partial charge in [0.05, 0.1) is 12.8 Å². The molecule has 6 nitrogen and oxygen atoms in total. The van der Waals surface area contributed by atoms with Crippen molar-refractivity contribution >= 4 is 23.1 Å². The van der Waals surface area contributed by atoms with Crippen LogP contribution in [-0.4, -0.2) is 35.7 Å². The predicted molar refractivity (Wildman–Crippen MR) is 118 cm³/mol. The van der Waals surface area contributed by atoms with Crippen LogP contribution in [0.15, 0.2) is 58.7 Å². The van der Waals surface area contributed by atoms with Gasteiger partial charge in [0.1, 0.15) is 5.75 Å². The second kappa shape index (κ2) is 7.65. The third-order valence-electron chi connectivity index (χ3n) is 6.01. The normalized spacial score (nSPS) is 19.8. The summed E-state index contributed by atoms with van der Waals surface area (Å²) in [6.07, 6.45) is 1.00. The molecule has 2 atom stereocenters. The Labute approximate surface area is 178 Å². The van der Waals surface area contributed by atoms with Crippen molar-refractivity contribution in [1.82, 2.24) is 9.47 Å². The number of hydrogen-bond acceptors (Lipinski definition) is 4. The first kappa shape index (κ1) is 18.9. The number of anilines is 1. The third kappa shape index (κ3) is 3.29. The lowest BCUT2D eigenvalue weighted by molar-refractivity contribution is 0.140. The van der Waals surface area contributed by atoms with Crippen molar-refractivity contribution in [3.8, 4) is 16.2 Å². The SMILES string of the molecule is COc1ccccc1NC(=O)N1CC2CC(C1)c1c(-c3cccs3)ccc(=O)n1C2. The third-order valence-corrected chi connectivity index (χ3v) is 6.92. The highest BCUT2D eigenvalue weighted by Crippen LogP contribution is 2.41. The molecule has 30 heavy (non-hydrogen) atoms. The van der Waals surface area contributed by atoms with Crippen molar-refractivity contribution in [2.45, 2.75) is 18.9 Å². The van der Waals surface area contributed by atoms with Crippen LogP contribution in [0, 0.1) is 5.92 Å². The fourth-order valence-corrected chi connectivity index (χ4v) is 5.52. The molecule has 0 spiro atoms. The number of hydrogen-bond donors (Lipinski definition) is 1. The summed E-state index contributed by atoms with van der Waals surface area (Å²) in [5, 5.41) is 5.05. The van der Waals surface area contributed by atoms with E-state index in [-0.39, 0.29) is 23.4 Å². The minimum absolute atomic E-state index is 0.0481. The summed E-state index contributed by atoms with van der Waals surface area (Å²) in [6.45, 7) is 1.90. The maximum absolute atomic E-state index is 13.1. The number of rotatable bonds is 3. The summed E-state index contributed by atoms with van der Waals surface area (Å²) in [7, 11) is 1.59. The Balaban J connectivity index is 1.45. The monoisotopic (exact) mass is 421 g/mol. The quantitative estimate of drug-likeness (QED) is 0.688. The number of nitrogens with zero attached hydrogens (tertiary/aromatic N) is 2. The first-order valence-corrected chi connectivity index (χ1v) is 11.0. The van der Waals surface area contributed by atoms with Gasteiger partial charge in [-0.05, 0) is 42.0 Å². The van der Waals surface area contributed by atoms with E-state index >= 15 is 0 Å². The zero-order chi connectivity index (χ0) is 20.7. The van der Waals surface area contributed by atoms with Gasteiger partial charge in [-0.1, -0.05) is 18.2 Å². The van der Waals surface area contributed by atoms with Gasteiger partial charge in [0.15, 0.2) is 0 Å². The Morgan fingerprint density at radius 2 is 1.97 bits per heavy atom. The van der Waals surface area contributed by atoms with Gasteiger partial charge in [0.2, 0.25) is 0 Å². The number of carbonyl (C=O) groups excluding carboxylic acids is 1. The number of aromatic nitrogens is 1. The molecule has 0 radical (unpaired) electrons. The summed E-state index contributed by atoms with van der Waals surface area (Å²) in [4.78, 5) is 28.7. The van der Waals surface area contributed by atoms with E-state index in [1.165, 1.54) is 0 Å². The Hall–Kier alpha value is -3.06. The summed E-state index contributed by atoms with van der Waals surface area (Å²) in [6, 6.07) is 15.0. The molecule has 4 heterocycles. The summed E-state index contributed by atoms with van der Waals surface area (Å²) in [5.74, 6) is 1.06. The van der Waals surface area contributed by atoms with Crippen LogP contribution in [0.4, 0.5) is 10.5 Å². The number of para-hydroxylation sites is 2. The topological polar surface area (TPSA) is 63.6 Å². The Kier molecular flexibility index (Phi) is 4.83. The zero-order valence-corrected chi connectivity index (χ0v) is 17.5. The molecule has 154 valence electrons. The van der Waals surface area contributed by atoms with Gasteiger partial charge in [0.25, 0.3) is 5.56 Å². The maximum Gasteiger partial charge on any atom is 0.321 e. The van der Waals surface area contributed by atoms with Crippen molar-refractivity contribution in [3.63, 3.8) is 0 Å². The fourth-order valence-electron chi connectivity index (χ4n) is 4.76. The highest BCUT2D eigenvalue weighted by atomic mass is 32.1. The van der Waals surface area contributed by atoms with Gasteiger partial charge in [-0.15, -0.1) is 11.3 Å². The minimum Gasteiger partial charge on any atom is -0.495 e. The van der Waals surface area contributed by atoms with Crippen molar-refractivity contribution in [2.75, 3.05) is 25.5 Å². The lowest BCUT2D eigenvalue weighted by atomic mass is 9.81. The minimum atomic E-state index is -0.126. The van der Waals surface area contributed by atoms with E-state index in [1.54, 1.807) is 24.5 Å². The molecular formula is C23H23N3O3S. The van der Waals surface area contributed by atoms with Gasteiger partial charge in [-0.2, -0.15) is 0 Å². The first-order chi connectivity index (χ1) is 14.6. The van der Waals surface area contributed by atoms with E-state index in [9.17, 15) is 9.59 Å². The van der Waals surface area contributed by atoms with Crippen molar-refractivity contribution in [2.24, 2.45) is 5.92 Å². The molecule has 1 aromatic carbocycles. The number of thiophene rings is 1. The molecule has 5 rings (SSSR count). The fraction of sp³-hybridized carbons (Fsp3) is 0.304. The van der Waals surface area contributed by atoms with Gasteiger partial charge < -0.3 is 19.5 Å². The zero-order valence-electron chi connectivity index (χ0n) is 16.7. The first-order valence-electron chi connectivity index (χ1n) is 10.1. The van der Waals surface area contributed by atoms with Crippen LogP contribution in [0.1, 0.15) is 18.0 Å². The van der Waals surface area contributed by atoms with E-state index in [4.69, 9.17) is 4.74 Å². The molecule has 1 N–H and O–H groups in total. The molecule has 2 aliphatic heterocycles. The standard InChI is InChI=1S/C23H23N3O3S/c1-29-19-6-3-2-5-18(19)24-23(28)25-12-15-11-16(14-25)22-17(20-7-4-10-30-20)8-9-21(27)26(22)13-15/h2-10,15-16H,11-14H2,1H3,(H,24,28). The number of likely N-dealkylation sites (tertiary alicyclic amines) is 1. The maximum atomic E-state index is 13.1. The number of urea groups is 1. The molecule has 1 fully saturated rings. The number of piperidine rings is 1. The van der Waals surface area contributed by atoms with E-state index in [1.807, 2.05) is 45.9 Å². The second-order valence-electron chi connectivity index (χ2n) is 7.89. The van der Waals surface area contributed by atoms with Crippen LogP contribution >= 0.6 is 11.3 Å². The van der Waals surface area contributed by atoms with Crippen LogP contribution in [-0.2, 0) is 6.54 Å². The summed E-state index contributed by atoms with van der Waals surface area (Å²) < 4.78 is 7.29. The van der Waals surface area contributed by atoms with Crippen LogP contribution in [0.25, 0.3) is 10.4 Å². The van der Waals surface area contributed by atoms with Crippen LogP contribution in [0.3, 0.4) is 0 Å². The summed E-state index contributed by atoms with van der Waals surface area (Å²) in [5.41, 5.74) is 2.89. The molecular weight excluding hydrogens is 398 g/mol. The number of methoxy groups -OCH3 is 1. The van der Waals surface area contributed by atoms with Gasteiger partial charge >= 0.3 is 6.03 Å². The highest BCUT2D eigenvalue weighted by molar-refractivity contribution is 7.13. The number of benzene rings is 1. The van der Waals surface area contributed by atoms with Gasteiger partial charge in [0, 0.05) is 47.8 Å². The Morgan fingerprint density at radius 3 is 2.77 bits per heavy atom. The molecule has 7 heteroatoms. The predicted octanol–water partition coefficient (Wildman–Crippen LogP) is 4.24. The molecule has 0 saturated carbocycles. The summed E-state index contributed by atoms with van der Waals surface area (Å²) >= 11 is 1.68. The molecule has 2 aromatic heterocycles. The van der Waals surface area contributed by atoms with Crippen molar-refractivity contribution in [1.29, 1.82) is 0 Å². The number of carbonyl (C=O) groups is 1. The molecule has 3 aromatic rings. The van der Waals surface area contributed by atoms with Crippen LogP contribution < -0.4 is 15.6 Å². The van der Waals surface area contributed by atoms with Crippen molar-refractivity contribution in [3.05, 3.63) is 70.0 Å². The number of amides is 2. The van der Waals surface area contributed by atoms with Crippen LogP contribution in [0.5, 0.6) is 5.75 Å². The van der Waals surface area contributed by atoms with Crippen molar-refractivity contribution < 1.29 is 9.53 Å². The molecule has 1 saturated heterocycles. The lowest BCUT2D eigenvalue weighted by Gasteiger charge is -2.43. The van der Waals surface area contributed by atoms with Gasteiger partial charge in [-0.25, -0.2) is 4.79 Å². The van der Waals surface area contributed by atoms with Gasteiger partial charge in [-0.3, -0.25) is 4.79 Å². The van der Waals surface area contributed by atoms with E-state index in [0.29, 0.717) is 31.1 Å². The van der Waals surface area contributed by atoms with Crippen LogP contribution in [0.2, 0.25) is 0 Å². The molecule has 0 aliphatic carbocycles. The Bertz CT molecular complexity index is 1140. The second-order valence-corrected chi connectivity index (χ2v) is 8.84. The average molecular weight is 422 g/mol. The number of ether oxygens (including phenoxy) is 1. The smallest absolute Gasteiger partial charge is 0.321 e. The molecule has 2 unspecified atom stereocenters. The largest absolute Gasteiger partial charge is 0.495 e. The molecule has 2 bridgehead atoms. The molecule has 2 amide bonds. The Morgan fingerprint density at radius 1 is 1.10 bits per heavy atom. The van der Waals surface area contributed by atoms with E-state index < -0.39 is 0 Å².